The topological polar surface area (TPSA) is 58.6 Å². The van der Waals surface area contributed by atoms with Gasteiger partial charge in [0, 0.05) is 12.6 Å². The van der Waals surface area contributed by atoms with Crippen molar-refractivity contribution in [2.24, 2.45) is 0 Å². The molecule has 5 nitrogen and oxygen atoms in total. The molecule has 2 aromatic rings. The van der Waals surface area contributed by atoms with Crippen LogP contribution in [0.25, 0.3) is 0 Å². The number of nitrogens with one attached hydrogen (secondary N) is 1. The predicted octanol–water partition coefficient (Wildman–Crippen LogP) is 3.83. The van der Waals surface area contributed by atoms with Crippen LogP contribution in [0.15, 0.2) is 53.4 Å². The van der Waals surface area contributed by atoms with Gasteiger partial charge in [-0.2, -0.15) is 13.2 Å². The summed E-state index contributed by atoms with van der Waals surface area (Å²) in [5.41, 5.74) is 0.0624. The van der Waals surface area contributed by atoms with E-state index >= 15 is 0 Å². The van der Waals surface area contributed by atoms with Gasteiger partial charge in [-0.15, -0.1) is 0 Å². The summed E-state index contributed by atoms with van der Waals surface area (Å²) in [6.07, 6.45) is -2.43. The Labute approximate surface area is 168 Å². The third-order valence-corrected chi connectivity index (χ3v) is 6.48. The molecule has 0 amide bonds. The van der Waals surface area contributed by atoms with Crippen LogP contribution in [0.2, 0.25) is 0 Å². The highest BCUT2D eigenvalue weighted by atomic mass is 32.2. The van der Waals surface area contributed by atoms with Gasteiger partial charge in [-0.1, -0.05) is 12.1 Å². The fourth-order valence-electron chi connectivity index (χ4n) is 3.43. The van der Waals surface area contributed by atoms with Crippen LogP contribution in [-0.4, -0.2) is 40.1 Å². The van der Waals surface area contributed by atoms with Gasteiger partial charge in [0.1, 0.15) is 5.75 Å². The van der Waals surface area contributed by atoms with Crippen LogP contribution in [0.4, 0.5) is 13.2 Å². The summed E-state index contributed by atoms with van der Waals surface area (Å²) >= 11 is 0. The summed E-state index contributed by atoms with van der Waals surface area (Å²) in [5, 5.41) is 0. The van der Waals surface area contributed by atoms with Crippen molar-refractivity contribution in [1.82, 2.24) is 9.62 Å². The maximum absolute atomic E-state index is 12.7. The smallest absolute Gasteiger partial charge is 0.416 e. The quantitative estimate of drug-likeness (QED) is 0.728. The fourth-order valence-corrected chi connectivity index (χ4v) is 4.47. The van der Waals surface area contributed by atoms with Gasteiger partial charge in [0.25, 0.3) is 0 Å². The number of halogens is 3. The van der Waals surface area contributed by atoms with Gasteiger partial charge >= 0.3 is 6.18 Å². The first-order valence-corrected chi connectivity index (χ1v) is 10.7. The summed E-state index contributed by atoms with van der Waals surface area (Å²) in [4.78, 5) is 2.01. The van der Waals surface area contributed by atoms with E-state index in [1.54, 1.807) is 7.11 Å². The molecular weight excluding hydrogens is 405 g/mol. The van der Waals surface area contributed by atoms with E-state index in [4.69, 9.17) is 4.74 Å². The summed E-state index contributed by atoms with van der Waals surface area (Å²) < 4.78 is 71.1. The molecule has 1 aliphatic rings. The molecule has 0 aromatic heterocycles. The summed E-state index contributed by atoms with van der Waals surface area (Å²) in [5.74, 6) is 0.708. The van der Waals surface area contributed by atoms with Crippen LogP contribution in [-0.2, 0) is 16.2 Å². The molecule has 0 saturated carbocycles. The van der Waals surface area contributed by atoms with E-state index in [9.17, 15) is 21.6 Å². The molecule has 3 rings (SSSR count). The number of methoxy groups -OCH3 is 1. The largest absolute Gasteiger partial charge is 0.497 e. The number of likely N-dealkylation sites (tertiary alicyclic amines) is 1. The Hall–Kier alpha value is -2.10. The Morgan fingerprint density at radius 1 is 1.03 bits per heavy atom. The van der Waals surface area contributed by atoms with Crippen LogP contribution in [0, 0.1) is 0 Å². The van der Waals surface area contributed by atoms with Crippen molar-refractivity contribution in [3.8, 4) is 5.75 Å². The molecule has 0 unspecified atom stereocenters. The van der Waals surface area contributed by atoms with E-state index in [2.05, 4.69) is 9.62 Å². The average Bonchev–Trinajstić information content (AvgIpc) is 3.22. The zero-order valence-corrected chi connectivity index (χ0v) is 16.8. The number of rotatable bonds is 7. The first-order valence-electron chi connectivity index (χ1n) is 9.25. The molecule has 0 spiro atoms. The minimum Gasteiger partial charge on any atom is -0.497 e. The normalized spacial score (nSPS) is 16.7. The van der Waals surface area contributed by atoms with E-state index in [-0.39, 0.29) is 17.5 Å². The molecule has 1 atom stereocenters. The highest BCUT2D eigenvalue weighted by Crippen LogP contribution is 2.30. The van der Waals surface area contributed by atoms with Crippen molar-refractivity contribution < 1.29 is 26.3 Å². The second-order valence-electron chi connectivity index (χ2n) is 6.91. The Balaban J connectivity index is 1.77. The zero-order valence-electron chi connectivity index (χ0n) is 15.9. The molecule has 2 aromatic carbocycles. The number of hydrogen-bond acceptors (Lipinski definition) is 4. The maximum Gasteiger partial charge on any atom is 0.416 e. The average molecular weight is 428 g/mol. The Morgan fingerprint density at radius 2 is 1.62 bits per heavy atom. The van der Waals surface area contributed by atoms with Crippen molar-refractivity contribution >= 4 is 10.0 Å². The Morgan fingerprint density at radius 3 is 2.14 bits per heavy atom. The van der Waals surface area contributed by atoms with Crippen LogP contribution >= 0.6 is 0 Å². The molecular formula is C20H23F3N2O3S. The molecule has 0 radical (unpaired) electrons. The molecule has 9 heteroatoms. The molecule has 1 N–H and O–H groups in total. The molecule has 29 heavy (non-hydrogen) atoms. The number of benzene rings is 2. The zero-order chi connectivity index (χ0) is 21.1. The predicted molar refractivity (Wildman–Crippen MR) is 103 cm³/mol. The van der Waals surface area contributed by atoms with Crippen molar-refractivity contribution in [1.29, 1.82) is 0 Å². The van der Waals surface area contributed by atoms with Gasteiger partial charge in [0.15, 0.2) is 0 Å². The minimum absolute atomic E-state index is 0.121. The monoisotopic (exact) mass is 428 g/mol. The lowest BCUT2D eigenvalue weighted by Gasteiger charge is -2.28. The first-order chi connectivity index (χ1) is 13.7. The van der Waals surface area contributed by atoms with E-state index in [1.807, 2.05) is 24.3 Å². The number of alkyl halides is 3. The molecule has 0 aliphatic carbocycles. The van der Waals surface area contributed by atoms with Crippen molar-refractivity contribution in [2.75, 3.05) is 26.7 Å². The summed E-state index contributed by atoms with van der Waals surface area (Å²) in [6, 6.07) is 10.8. The van der Waals surface area contributed by atoms with Crippen molar-refractivity contribution in [2.45, 2.75) is 30.0 Å². The van der Waals surface area contributed by atoms with Gasteiger partial charge in [-0.25, -0.2) is 13.1 Å². The van der Waals surface area contributed by atoms with Crippen LogP contribution in [0.3, 0.4) is 0 Å². The molecule has 1 heterocycles. The van der Waals surface area contributed by atoms with Gasteiger partial charge in [-0.05, 0) is 67.9 Å². The highest BCUT2D eigenvalue weighted by Gasteiger charge is 2.31. The molecule has 1 saturated heterocycles. The van der Waals surface area contributed by atoms with E-state index < -0.39 is 21.8 Å². The van der Waals surface area contributed by atoms with Gasteiger partial charge in [-0.3, -0.25) is 4.90 Å². The SMILES string of the molecule is COc1ccc([C@@H](CNS(=O)(=O)c2ccc(C(F)(F)F)cc2)N2CCCC2)cc1. The van der Waals surface area contributed by atoms with Crippen molar-refractivity contribution in [3.63, 3.8) is 0 Å². The summed E-state index contributed by atoms with van der Waals surface area (Å²) in [6.45, 7) is 1.84. The molecule has 1 aliphatic heterocycles. The number of ether oxygens (including phenoxy) is 1. The van der Waals surface area contributed by atoms with Gasteiger partial charge < -0.3 is 4.74 Å². The molecule has 0 bridgehead atoms. The van der Waals surface area contributed by atoms with E-state index in [0.717, 1.165) is 55.8 Å². The molecule has 158 valence electrons. The third kappa shape index (κ3) is 5.29. The molecule has 1 fully saturated rings. The second-order valence-corrected chi connectivity index (χ2v) is 8.67. The third-order valence-electron chi connectivity index (χ3n) is 5.04. The summed E-state index contributed by atoms with van der Waals surface area (Å²) in [7, 11) is -2.36. The van der Waals surface area contributed by atoms with E-state index in [1.165, 1.54) is 0 Å². The van der Waals surface area contributed by atoms with Gasteiger partial charge in [0.05, 0.1) is 17.6 Å². The lowest BCUT2D eigenvalue weighted by molar-refractivity contribution is -0.137. The lowest BCUT2D eigenvalue weighted by Crippen LogP contribution is -2.36. The number of hydrogen-bond donors (Lipinski definition) is 1. The minimum atomic E-state index is -4.51. The lowest BCUT2D eigenvalue weighted by atomic mass is 10.1. The highest BCUT2D eigenvalue weighted by molar-refractivity contribution is 7.89. The first kappa shape index (κ1) is 21.6. The second kappa shape index (κ2) is 8.73. The Bertz CT molecular complexity index is 907. The fraction of sp³-hybridized carbons (Fsp3) is 0.400. The van der Waals surface area contributed by atoms with E-state index in [0.29, 0.717) is 5.75 Å². The van der Waals surface area contributed by atoms with Crippen LogP contribution < -0.4 is 9.46 Å². The van der Waals surface area contributed by atoms with Gasteiger partial charge in [0.2, 0.25) is 10.0 Å². The Kier molecular flexibility index (Phi) is 6.50. The van der Waals surface area contributed by atoms with Crippen LogP contribution in [0.1, 0.15) is 30.0 Å². The van der Waals surface area contributed by atoms with Crippen molar-refractivity contribution in [3.05, 3.63) is 59.7 Å². The number of sulfonamides is 1. The van der Waals surface area contributed by atoms with Crippen LogP contribution in [0.5, 0.6) is 5.75 Å². The maximum atomic E-state index is 12.7. The number of nitrogens with zero attached hydrogens (tertiary/aromatic N) is 1. The standard InChI is InChI=1S/C20H23F3N2O3S/c1-28-17-8-4-15(5-9-17)19(25-12-2-3-13-25)14-24-29(26,27)18-10-6-16(7-11-18)20(21,22)23/h4-11,19,24H,2-3,12-14H2,1H3/t19-/m1/s1.